The summed E-state index contributed by atoms with van der Waals surface area (Å²) in [6, 6.07) is 13.3. The average molecular weight is 383 g/mol. The number of amides is 1. The third-order valence-corrected chi connectivity index (χ3v) is 4.46. The lowest BCUT2D eigenvalue weighted by atomic mass is 10.1. The number of aromatic nitrogens is 2. The van der Waals surface area contributed by atoms with Crippen molar-refractivity contribution in [3.05, 3.63) is 71.0 Å². The van der Waals surface area contributed by atoms with Gasteiger partial charge >= 0.3 is 5.97 Å². The molecule has 0 spiro atoms. The highest BCUT2D eigenvalue weighted by Gasteiger charge is 2.09. The smallest absolute Gasteiger partial charge is 0.337 e. The monoisotopic (exact) mass is 383 g/mol. The molecule has 0 atom stereocenters. The molecule has 1 heterocycles. The van der Waals surface area contributed by atoms with Crippen LogP contribution in [0.25, 0.3) is 0 Å². The van der Waals surface area contributed by atoms with Crippen LogP contribution in [0.15, 0.2) is 48.5 Å². The molecule has 3 aromatic rings. The molecule has 0 aliphatic carbocycles. The molecule has 0 radical (unpaired) electrons. The Bertz CT molecular complexity index is 936. The fourth-order valence-electron chi connectivity index (χ4n) is 2.25. The number of aryl methyl sites for hydroxylation is 1. The zero-order chi connectivity index (χ0) is 19.2. The van der Waals surface area contributed by atoms with Gasteiger partial charge in [0.25, 0.3) is 5.91 Å². The van der Waals surface area contributed by atoms with Crippen molar-refractivity contribution in [3.63, 3.8) is 0 Å². The van der Waals surface area contributed by atoms with Crippen molar-refractivity contribution < 1.29 is 19.1 Å². The maximum absolute atomic E-state index is 12.3. The molecule has 2 aromatic carbocycles. The number of methoxy groups -OCH3 is 1. The third kappa shape index (κ3) is 4.68. The van der Waals surface area contributed by atoms with Gasteiger partial charge < -0.3 is 14.8 Å². The van der Waals surface area contributed by atoms with Crippen molar-refractivity contribution in [2.24, 2.45) is 0 Å². The molecule has 1 N–H and O–H groups in total. The molecule has 27 heavy (non-hydrogen) atoms. The number of ether oxygens (including phenoxy) is 2. The lowest BCUT2D eigenvalue weighted by Gasteiger charge is -2.08. The summed E-state index contributed by atoms with van der Waals surface area (Å²) in [6.45, 7) is 2.22. The first-order valence-corrected chi connectivity index (χ1v) is 8.80. The summed E-state index contributed by atoms with van der Waals surface area (Å²) in [4.78, 5) is 23.7. The average Bonchev–Trinajstić information content (AvgIpc) is 3.11. The standard InChI is InChI=1S/C19H17N3O4S/c1-12-17(22-27-21-12)11-26-16-9-5-13(6-10-16)18(23)20-15-7-3-14(4-8-15)19(24)25-2/h3-10H,11H2,1-2H3,(H,20,23). The highest BCUT2D eigenvalue weighted by Crippen LogP contribution is 2.17. The molecule has 0 fully saturated rings. The Labute approximate surface area is 160 Å². The van der Waals surface area contributed by atoms with Crippen molar-refractivity contribution in [2.75, 3.05) is 12.4 Å². The van der Waals surface area contributed by atoms with E-state index in [1.165, 1.54) is 7.11 Å². The molecule has 0 aliphatic heterocycles. The van der Waals surface area contributed by atoms with Crippen LogP contribution in [0, 0.1) is 6.92 Å². The summed E-state index contributed by atoms with van der Waals surface area (Å²) in [7, 11) is 1.32. The molecule has 0 aliphatic rings. The van der Waals surface area contributed by atoms with Gasteiger partial charge in [0.1, 0.15) is 18.1 Å². The second-order valence-electron chi connectivity index (χ2n) is 5.63. The van der Waals surface area contributed by atoms with E-state index in [0.717, 1.165) is 23.1 Å². The Morgan fingerprint density at radius 3 is 2.26 bits per heavy atom. The van der Waals surface area contributed by atoms with Crippen molar-refractivity contribution in [1.82, 2.24) is 8.75 Å². The topological polar surface area (TPSA) is 90.4 Å². The SMILES string of the molecule is COC(=O)c1ccc(NC(=O)c2ccc(OCc3nsnc3C)cc2)cc1. The van der Waals surface area contributed by atoms with Gasteiger partial charge in [0, 0.05) is 11.3 Å². The van der Waals surface area contributed by atoms with Crippen LogP contribution >= 0.6 is 11.7 Å². The fourth-order valence-corrected chi connectivity index (χ4v) is 2.80. The molecular weight excluding hydrogens is 366 g/mol. The lowest BCUT2D eigenvalue weighted by molar-refractivity contribution is 0.0600. The third-order valence-electron chi connectivity index (χ3n) is 3.80. The van der Waals surface area contributed by atoms with Crippen LogP contribution in [0.2, 0.25) is 0 Å². The minimum absolute atomic E-state index is 0.257. The number of carbonyl (C=O) groups excluding carboxylic acids is 2. The first kappa shape index (κ1) is 18.5. The maximum Gasteiger partial charge on any atom is 0.337 e. The Morgan fingerprint density at radius 1 is 1.00 bits per heavy atom. The van der Waals surface area contributed by atoms with Gasteiger partial charge in [-0.25, -0.2) is 4.79 Å². The normalized spacial score (nSPS) is 10.3. The van der Waals surface area contributed by atoms with E-state index in [1.807, 2.05) is 6.92 Å². The summed E-state index contributed by atoms with van der Waals surface area (Å²) in [5, 5.41) is 2.77. The Kier molecular flexibility index (Phi) is 5.77. The Hall–Kier alpha value is -3.26. The molecule has 0 saturated carbocycles. The Morgan fingerprint density at radius 2 is 1.67 bits per heavy atom. The number of hydrogen-bond donors (Lipinski definition) is 1. The quantitative estimate of drug-likeness (QED) is 0.656. The molecule has 1 aromatic heterocycles. The van der Waals surface area contributed by atoms with Gasteiger partial charge in [-0.1, -0.05) is 0 Å². The van der Waals surface area contributed by atoms with Crippen LogP contribution in [-0.4, -0.2) is 27.7 Å². The summed E-state index contributed by atoms with van der Waals surface area (Å²) in [5.74, 6) is -0.0413. The van der Waals surface area contributed by atoms with Crippen molar-refractivity contribution in [1.29, 1.82) is 0 Å². The molecule has 8 heteroatoms. The van der Waals surface area contributed by atoms with Crippen molar-refractivity contribution in [3.8, 4) is 5.75 Å². The van der Waals surface area contributed by atoms with Gasteiger partial charge in [0.15, 0.2) is 0 Å². The predicted molar refractivity (Wildman–Crippen MR) is 101 cm³/mol. The molecule has 1 amide bonds. The highest BCUT2D eigenvalue weighted by molar-refractivity contribution is 6.99. The number of carbonyl (C=O) groups is 2. The second-order valence-corrected chi connectivity index (χ2v) is 6.16. The minimum Gasteiger partial charge on any atom is -0.487 e. The van der Waals surface area contributed by atoms with Crippen LogP contribution in [0.3, 0.4) is 0 Å². The van der Waals surface area contributed by atoms with Gasteiger partial charge in [-0.05, 0) is 55.5 Å². The molecule has 0 unspecified atom stereocenters. The zero-order valence-corrected chi connectivity index (χ0v) is 15.6. The van der Waals surface area contributed by atoms with Crippen molar-refractivity contribution in [2.45, 2.75) is 13.5 Å². The first-order valence-electron chi connectivity index (χ1n) is 8.07. The number of benzene rings is 2. The van der Waals surface area contributed by atoms with Crippen molar-refractivity contribution >= 4 is 29.3 Å². The van der Waals surface area contributed by atoms with E-state index in [2.05, 4.69) is 18.8 Å². The van der Waals surface area contributed by atoms with E-state index >= 15 is 0 Å². The number of esters is 1. The summed E-state index contributed by atoms with van der Waals surface area (Å²) < 4.78 is 18.6. The molecule has 7 nitrogen and oxygen atoms in total. The predicted octanol–water partition coefficient (Wildman–Crippen LogP) is 3.46. The summed E-state index contributed by atoms with van der Waals surface area (Å²) in [6.07, 6.45) is 0. The second kappa shape index (κ2) is 8.41. The minimum atomic E-state index is -0.424. The van der Waals surface area contributed by atoms with Gasteiger partial charge in [-0.3, -0.25) is 4.79 Å². The number of nitrogens with one attached hydrogen (secondary N) is 1. The summed E-state index contributed by atoms with van der Waals surface area (Å²) >= 11 is 1.15. The molecule has 138 valence electrons. The number of rotatable bonds is 6. The molecule has 3 rings (SSSR count). The zero-order valence-electron chi connectivity index (χ0n) is 14.8. The lowest BCUT2D eigenvalue weighted by Crippen LogP contribution is -2.12. The van der Waals surface area contributed by atoms with Gasteiger partial charge in [0.2, 0.25) is 0 Å². The van der Waals surface area contributed by atoms with Crippen LogP contribution in [0.1, 0.15) is 32.1 Å². The molecule has 0 saturated heterocycles. The number of nitrogens with zero attached hydrogens (tertiary/aromatic N) is 2. The Balaban J connectivity index is 1.58. The van der Waals surface area contributed by atoms with E-state index in [9.17, 15) is 9.59 Å². The first-order chi connectivity index (χ1) is 13.1. The van der Waals surface area contributed by atoms with Crippen LogP contribution in [0.4, 0.5) is 5.69 Å². The molecule has 0 bridgehead atoms. The van der Waals surface area contributed by atoms with E-state index in [1.54, 1.807) is 48.5 Å². The highest BCUT2D eigenvalue weighted by atomic mass is 32.1. The van der Waals surface area contributed by atoms with Crippen LogP contribution < -0.4 is 10.1 Å². The van der Waals surface area contributed by atoms with E-state index in [4.69, 9.17) is 4.74 Å². The van der Waals surface area contributed by atoms with Crippen LogP contribution in [0.5, 0.6) is 5.75 Å². The van der Waals surface area contributed by atoms with E-state index in [-0.39, 0.29) is 5.91 Å². The molecular formula is C19H17N3O4S. The van der Waals surface area contributed by atoms with Gasteiger partial charge in [-0.2, -0.15) is 8.75 Å². The fraction of sp³-hybridized carbons (Fsp3) is 0.158. The largest absolute Gasteiger partial charge is 0.487 e. The number of hydrogen-bond acceptors (Lipinski definition) is 7. The summed E-state index contributed by atoms with van der Waals surface area (Å²) in [5.41, 5.74) is 3.15. The van der Waals surface area contributed by atoms with E-state index < -0.39 is 5.97 Å². The number of anilines is 1. The van der Waals surface area contributed by atoms with E-state index in [0.29, 0.717) is 29.2 Å². The maximum atomic E-state index is 12.3. The van der Waals surface area contributed by atoms with Gasteiger partial charge in [-0.15, -0.1) is 0 Å². The van der Waals surface area contributed by atoms with Crippen LogP contribution in [-0.2, 0) is 11.3 Å². The van der Waals surface area contributed by atoms with Gasteiger partial charge in [0.05, 0.1) is 30.1 Å².